The van der Waals surface area contributed by atoms with E-state index in [9.17, 15) is 10.1 Å². The van der Waals surface area contributed by atoms with Gasteiger partial charge in [0.1, 0.15) is 17.4 Å². The van der Waals surface area contributed by atoms with Crippen LogP contribution in [0.2, 0.25) is 5.02 Å². The molecule has 0 aliphatic heterocycles. The first-order valence-corrected chi connectivity index (χ1v) is 8.66. The van der Waals surface area contributed by atoms with E-state index in [4.69, 9.17) is 16.3 Å². The third-order valence-electron chi connectivity index (χ3n) is 4.24. The molecule has 3 aromatic carbocycles. The number of ether oxygens (including phenoxy) is 1. The van der Waals surface area contributed by atoms with E-state index in [1.165, 1.54) is 0 Å². The smallest absolute Gasteiger partial charge is 0.266 e. The van der Waals surface area contributed by atoms with Crippen LogP contribution in [0.4, 0.5) is 5.69 Å². The standard InChI is InChI=1S/C22H17ClN2O2/c1-14-11-17(23)8-9-20(14)25-22(26)16(13-24)12-19-18-6-4-3-5-15(18)7-10-21(19)27-2/h3-12H,1-2H3,(H,25,26)/b16-12+. The summed E-state index contributed by atoms with van der Waals surface area (Å²) in [6, 6.07) is 18.6. The lowest BCUT2D eigenvalue weighted by molar-refractivity contribution is -0.112. The molecule has 134 valence electrons. The zero-order chi connectivity index (χ0) is 19.4. The van der Waals surface area contributed by atoms with Crippen LogP contribution in [0.25, 0.3) is 16.8 Å². The summed E-state index contributed by atoms with van der Waals surface area (Å²) >= 11 is 5.95. The van der Waals surface area contributed by atoms with Crippen LogP contribution in [0.15, 0.2) is 60.2 Å². The Morgan fingerprint density at radius 3 is 2.67 bits per heavy atom. The van der Waals surface area contributed by atoms with E-state index < -0.39 is 5.91 Å². The van der Waals surface area contributed by atoms with Gasteiger partial charge in [0.25, 0.3) is 5.91 Å². The maximum absolute atomic E-state index is 12.6. The number of amides is 1. The molecule has 27 heavy (non-hydrogen) atoms. The summed E-state index contributed by atoms with van der Waals surface area (Å²) in [5.41, 5.74) is 2.10. The summed E-state index contributed by atoms with van der Waals surface area (Å²) in [5, 5.41) is 14.8. The number of hydrogen-bond acceptors (Lipinski definition) is 3. The molecule has 0 spiro atoms. The molecule has 0 saturated carbocycles. The number of anilines is 1. The minimum absolute atomic E-state index is 0.0148. The molecular formula is C22H17ClN2O2. The van der Waals surface area contributed by atoms with Gasteiger partial charge < -0.3 is 10.1 Å². The molecular weight excluding hydrogens is 360 g/mol. The molecule has 5 heteroatoms. The van der Waals surface area contributed by atoms with Gasteiger partial charge in [-0.15, -0.1) is 0 Å². The zero-order valence-corrected chi connectivity index (χ0v) is 15.7. The summed E-state index contributed by atoms with van der Waals surface area (Å²) in [6.07, 6.45) is 1.56. The number of fused-ring (bicyclic) bond motifs is 1. The first-order chi connectivity index (χ1) is 13.0. The van der Waals surface area contributed by atoms with Crippen LogP contribution >= 0.6 is 11.6 Å². The molecule has 1 N–H and O–H groups in total. The second kappa shape index (κ2) is 7.94. The van der Waals surface area contributed by atoms with Crippen molar-refractivity contribution in [2.24, 2.45) is 0 Å². The van der Waals surface area contributed by atoms with E-state index in [-0.39, 0.29) is 5.57 Å². The van der Waals surface area contributed by atoms with Crippen LogP contribution < -0.4 is 10.1 Å². The second-order valence-electron chi connectivity index (χ2n) is 5.99. The van der Waals surface area contributed by atoms with Gasteiger partial charge in [-0.3, -0.25) is 4.79 Å². The highest BCUT2D eigenvalue weighted by molar-refractivity contribution is 6.30. The molecule has 0 unspecified atom stereocenters. The third-order valence-corrected chi connectivity index (χ3v) is 4.48. The Kier molecular flexibility index (Phi) is 5.44. The molecule has 0 radical (unpaired) electrons. The first-order valence-electron chi connectivity index (χ1n) is 8.28. The van der Waals surface area contributed by atoms with Crippen LogP contribution in [0, 0.1) is 18.3 Å². The van der Waals surface area contributed by atoms with Crippen molar-refractivity contribution >= 4 is 40.0 Å². The SMILES string of the molecule is COc1ccc2ccccc2c1/C=C(\C#N)C(=O)Nc1ccc(Cl)cc1C. The Morgan fingerprint density at radius 1 is 1.19 bits per heavy atom. The van der Waals surface area contributed by atoms with Gasteiger partial charge in [-0.25, -0.2) is 0 Å². The monoisotopic (exact) mass is 376 g/mol. The molecule has 3 rings (SSSR count). The Labute approximate surface area is 162 Å². The highest BCUT2D eigenvalue weighted by Gasteiger charge is 2.14. The predicted octanol–water partition coefficient (Wildman–Crippen LogP) is 5.36. The summed E-state index contributed by atoms with van der Waals surface area (Å²) in [5.74, 6) is 0.106. The summed E-state index contributed by atoms with van der Waals surface area (Å²) in [4.78, 5) is 12.6. The van der Waals surface area contributed by atoms with Crippen LogP contribution in [-0.4, -0.2) is 13.0 Å². The Balaban J connectivity index is 2.03. The molecule has 3 aromatic rings. The number of rotatable bonds is 4. The van der Waals surface area contributed by atoms with Crippen molar-refractivity contribution in [3.05, 3.63) is 76.3 Å². The normalized spacial score (nSPS) is 11.1. The third kappa shape index (κ3) is 3.94. The number of methoxy groups -OCH3 is 1. The van der Waals surface area contributed by atoms with Crippen molar-refractivity contribution in [1.29, 1.82) is 5.26 Å². The Hall–Kier alpha value is -3.29. The van der Waals surface area contributed by atoms with E-state index in [1.54, 1.807) is 31.4 Å². The molecule has 0 aliphatic carbocycles. The molecule has 0 atom stereocenters. The lowest BCUT2D eigenvalue weighted by Crippen LogP contribution is -2.14. The van der Waals surface area contributed by atoms with Crippen LogP contribution in [0.3, 0.4) is 0 Å². The minimum Gasteiger partial charge on any atom is -0.496 e. The fourth-order valence-corrected chi connectivity index (χ4v) is 3.08. The molecule has 0 aliphatic rings. The quantitative estimate of drug-likeness (QED) is 0.492. The first kappa shape index (κ1) is 18.5. The number of aryl methyl sites for hydroxylation is 1. The van der Waals surface area contributed by atoms with E-state index in [0.717, 1.165) is 16.3 Å². The lowest BCUT2D eigenvalue weighted by Gasteiger charge is -2.11. The van der Waals surface area contributed by atoms with E-state index in [1.807, 2.05) is 49.4 Å². The average molecular weight is 377 g/mol. The lowest BCUT2D eigenvalue weighted by atomic mass is 10.0. The number of nitrogens with one attached hydrogen (secondary N) is 1. The molecule has 0 saturated heterocycles. The van der Waals surface area contributed by atoms with Gasteiger partial charge in [0, 0.05) is 16.3 Å². The topological polar surface area (TPSA) is 62.1 Å². The number of carbonyl (C=O) groups excluding carboxylic acids is 1. The van der Waals surface area contributed by atoms with Crippen molar-refractivity contribution in [3.63, 3.8) is 0 Å². The van der Waals surface area contributed by atoms with Gasteiger partial charge in [0.05, 0.1) is 7.11 Å². The maximum Gasteiger partial charge on any atom is 0.266 e. The highest BCUT2D eigenvalue weighted by atomic mass is 35.5. The van der Waals surface area contributed by atoms with Gasteiger partial charge in [0.2, 0.25) is 0 Å². The van der Waals surface area contributed by atoms with Crippen molar-refractivity contribution in [3.8, 4) is 11.8 Å². The van der Waals surface area contributed by atoms with Crippen LogP contribution in [-0.2, 0) is 4.79 Å². The van der Waals surface area contributed by atoms with Crippen molar-refractivity contribution in [1.82, 2.24) is 0 Å². The second-order valence-corrected chi connectivity index (χ2v) is 6.42. The molecule has 0 heterocycles. The fraction of sp³-hybridized carbons (Fsp3) is 0.0909. The maximum atomic E-state index is 12.6. The van der Waals surface area contributed by atoms with Crippen LogP contribution in [0.1, 0.15) is 11.1 Å². The molecule has 0 fully saturated rings. The number of halogens is 1. The molecule has 4 nitrogen and oxygen atoms in total. The Bertz CT molecular complexity index is 1100. The van der Waals surface area contributed by atoms with Gasteiger partial charge in [-0.05, 0) is 53.6 Å². The number of hydrogen-bond donors (Lipinski definition) is 1. The molecule has 1 amide bonds. The average Bonchev–Trinajstić information content (AvgIpc) is 2.67. The number of nitriles is 1. The van der Waals surface area contributed by atoms with Crippen LogP contribution in [0.5, 0.6) is 5.75 Å². The van der Waals surface area contributed by atoms with E-state index in [2.05, 4.69) is 5.32 Å². The predicted molar refractivity (Wildman–Crippen MR) is 109 cm³/mol. The Morgan fingerprint density at radius 2 is 1.96 bits per heavy atom. The van der Waals surface area contributed by atoms with Crippen molar-refractivity contribution < 1.29 is 9.53 Å². The van der Waals surface area contributed by atoms with Gasteiger partial charge >= 0.3 is 0 Å². The van der Waals surface area contributed by atoms with Gasteiger partial charge in [-0.2, -0.15) is 5.26 Å². The van der Waals surface area contributed by atoms with Crippen molar-refractivity contribution in [2.75, 3.05) is 12.4 Å². The van der Waals surface area contributed by atoms with Gasteiger partial charge in [0.15, 0.2) is 0 Å². The largest absolute Gasteiger partial charge is 0.496 e. The highest BCUT2D eigenvalue weighted by Crippen LogP contribution is 2.30. The summed E-state index contributed by atoms with van der Waals surface area (Å²) in [6.45, 7) is 1.84. The van der Waals surface area contributed by atoms with E-state index >= 15 is 0 Å². The van der Waals surface area contributed by atoms with E-state index in [0.29, 0.717) is 22.0 Å². The summed E-state index contributed by atoms with van der Waals surface area (Å²) in [7, 11) is 1.56. The molecule has 0 aromatic heterocycles. The number of benzene rings is 3. The molecule has 0 bridgehead atoms. The van der Waals surface area contributed by atoms with Gasteiger partial charge in [-0.1, -0.05) is 41.9 Å². The summed E-state index contributed by atoms with van der Waals surface area (Å²) < 4.78 is 5.43. The number of nitrogens with zero attached hydrogens (tertiary/aromatic N) is 1. The fourth-order valence-electron chi connectivity index (χ4n) is 2.85. The van der Waals surface area contributed by atoms with Crippen molar-refractivity contribution in [2.45, 2.75) is 6.92 Å². The zero-order valence-electron chi connectivity index (χ0n) is 14.9. The number of carbonyl (C=O) groups is 1. The minimum atomic E-state index is -0.488.